The van der Waals surface area contributed by atoms with Gasteiger partial charge in [0.1, 0.15) is 5.69 Å². The van der Waals surface area contributed by atoms with Crippen LogP contribution in [-0.4, -0.2) is 10.2 Å². The Bertz CT molecular complexity index is 386. The summed E-state index contributed by atoms with van der Waals surface area (Å²) >= 11 is 11.2. The van der Waals surface area contributed by atoms with Gasteiger partial charge in [-0.2, -0.15) is 0 Å². The SMILES string of the molecule is O=C(Cl)c1c(C(F)F)ncc(Br)c1Br. The first-order valence-electron chi connectivity index (χ1n) is 3.27. The molecule has 0 bridgehead atoms. The van der Waals surface area contributed by atoms with Crippen molar-refractivity contribution in [2.45, 2.75) is 6.43 Å². The van der Waals surface area contributed by atoms with Crippen LogP contribution in [0.15, 0.2) is 15.1 Å². The minimum Gasteiger partial charge on any atom is -0.275 e. The van der Waals surface area contributed by atoms with Crippen LogP contribution in [0.25, 0.3) is 0 Å². The summed E-state index contributed by atoms with van der Waals surface area (Å²) in [6, 6.07) is 0. The van der Waals surface area contributed by atoms with Crippen molar-refractivity contribution in [3.63, 3.8) is 0 Å². The average Bonchev–Trinajstić information content (AvgIpc) is 2.08. The second-order valence-corrected chi connectivity index (χ2v) is 4.25. The van der Waals surface area contributed by atoms with Gasteiger partial charge in [0.15, 0.2) is 0 Å². The van der Waals surface area contributed by atoms with E-state index < -0.39 is 17.4 Å². The van der Waals surface area contributed by atoms with Crippen molar-refractivity contribution in [1.82, 2.24) is 4.98 Å². The highest BCUT2D eigenvalue weighted by molar-refractivity contribution is 9.13. The van der Waals surface area contributed by atoms with Crippen LogP contribution in [0.4, 0.5) is 8.78 Å². The summed E-state index contributed by atoms with van der Waals surface area (Å²) in [5.74, 6) is 0. The van der Waals surface area contributed by atoms with Gasteiger partial charge in [-0.05, 0) is 43.5 Å². The van der Waals surface area contributed by atoms with E-state index in [2.05, 4.69) is 36.8 Å². The van der Waals surface area contributed by atoms with E-state index in [0.29, 0.717) is 4.47 Å². The molecule has 0 aromatic carbocycles. The van der Waals surface area contributed by atoms with Gasteiger partial charge in [0.25, 0.3) is 11.7 Å². The lowest BCUT2D eigenvalue weighted by Crippen LogP contribution is -2.03. The monoisotopic (exact) mass is 347 g/mol. The molecule has 0 atom stereocenters. The van der Waals surface area contributed by atoms with Crippen LogP contribution in [0.2, 0.25) is 0 Å². The Labute approximate surface area is 99.9 Å². The van der Waals surface area contributed by atoms with Gasteiger partial charge in [-0.25, -0.2) is 8.78 Å². The maximum atomic E-state index is 12.4. The molecule has 2 nitrogen and oxygen atoms in total. The van der Waals surface area contributed by atoms with Gasteiger partial charge in [0.2, 0.25) is 0 Å². The molecule has 1 aromatic rings. The summed E-state index contributed by atoms with van der Waals surface area (Å²) in [4.78, 5) is 14.3. The average molecular weight is 349 g/mol. The molecule has 0 spiro atoms. The van der Waals surface area contributed by atoms with Crippen molar-refractivity contribution in [3.8, 4) is 0 Å². The van der Waals surface area contributed by atoms with E-state index in [1.54, 1.807) is 0 Å². The van der Waals surface area contributed by atoms with Crippen molar-refractivity contribution < 1.29 is 13.6 Å². The standard InChI is InChI=1S/C7H2Br2ClF2NO/c8-2-1-13-5(7(11)12)3(4(2)9)6(10)14/h1,7H. The van der Waals surface area contributed by atoms with E-state index >= 15 is 0 Å². The Kier molecular flexibility index (Phi) is 3.97. The lowest BCUT2D eigenvalue weighted by molar-refractivity contribution is 0.106. The minimum absolute atomic E-state index is 0.183. The fourth-order valence-electron chi connectivity index (χ4n) is 0.832. The zero-order chi connectivity index (χ0) is 10.9. The molecule has 0 amide bonds. The molecule has 0 fully saturated rings. The number of carbonyl (C=O) groups excluding carboxylic acids is 1. The number of rotatable bonds is 2. The molecule has 0 aliphatic heterocycles. The zero-order valence-electron chi connectivity index (χ0n) is 6.40. The summed E-state index contributed by atoms with van der Waals surface area (Å²) in [7, 11) is 0. The van der Waals surface area contributed by atoms with Gasteiger partial charge in [-0.3, -0.25) is 9.78 Å². The summed E-state index contributed by atoms with van der Waals surface area (Å²) in [6.07, 6.45) is -1.66. The molecule has 0 saturated carbocycles. The predicted molar refractivity (Wildman–Crippen MR) is 54.8 cm³/mol. The summed E-state index contributed by atoms with van der Waals surface area (Å²) in [5.41, 5.74) is -0.934. The minimum atomic E-state index is -2.84. The third-order valence-corrected chi connectivity index (χ3v) is 3.55. The van der Waals surface area contributed by atoms with E-state index in [1.807, 2.05) is 0 Å². The second-order valence-electron chi connectivity index (χ2n) is 2.25. The van der Waals surface area contributed by atoms with Gasteiger partial charge in [-0.1, -0.05) is 0 Å². The fourth-order valence-corrected chi connectivity index (χ4v) is 1.92. The lowest BCUT2D eigenvalue weighted by Gasteiger charge is -2.07. The zero-order valence-corrected chi connectivity index (χ0v) is 10.3. The molecule has 0 N–H and O–H groups in total. The van der Waals surface area contributed by atoms with Crippen molar-refractivity contribution in [1.29, 1.82) is 0 Å². The highest BCUT2D eigenvalue weighted by atomic mass is 79.9. The van der Waals surface area contributed by atoms with Crippen LogP contribution >= 0.6 is 43.5 Å². The molecular weight excluding hydrogens is 347 g/mol. The molecule has 0 saturated heterocycles. The quantitative estimate of drug-likeness (QED) is 0.758. The van der Waals surface area contributed by atoms with Crippen LogP contribution in [0.1, 0.15) is 22.5 Å². The maximum Gasteiger partial charge on any atom is 0.281 e. The number of hydrogen-bond donors (Lipinski definition) is 0. The van der Waals surface area contributed by atoms with Crippen LogP contribution in [0.3, 0.4) is 0 Å². The van der Waals surface area contributed by atoms with Gasteiger partial charge in [0, 0.05) is 10.7 Å². The highest BCUT2D eigenvalue weighted by Gasteiger charge is 2.23. The van der Waals surface area contributed by atoms with Crippen molar-refractivity contribution in [2.75, 3.05) is 0 Å². The highest BCUT2D eigenvalue weighted by Crippen LogP contribution is 2.33. The van der Waals surface area contributed by atoms with Crippen LogP contribution in [-0.2, 0) is 0 Å². The molecule has 0 aliphatic carbocycles. The molecule has 1 rings (SSSR count). The topological polar surface area (TPSA) is 30.0 Å². The number of carbonyl (C=O) groups is 1. The molecule has 76 valence electrons. The van der Waals surface area contributed by atoms with Crippen molar-refractivity contribution in [3.05, 3.63) is 26.4 Å². The van der Waals surface area contributed by atoms with E-state index in [4.69, 9.17) is 11.6 Å². The Balaban J connectivity index is 3.45. The number of hydrogen-bond acceptors (Lipinski definition) is 2. The van der Waals surface area contributed by atoms with Crippen LogP contribution in [0, 0.1) is 0 Å². The second kappa shape index (κ2) is 4.63. The molecular formula is C7H2Br2ClF2NO. The first kappa shape index (κ1) is 12.0. The van der Waals surface area contributed by atoms with Crippen molar-refractivity contribution in [2.24, 2.45) is 0 Å². The number of halogens is 5. The molecule has 0 unspecified atom stereocenters. The van der Waals surface area contributed by atoms with E-state index in [-0.39, 0.29) is 10.0 Å². The summed E-state index contributed by atoms with van der Waals surface area (Å²) in [5, 5.41) is -0.971. The van der Waals surface area contributed by atoms with Crippen LogP contribution in [0.5, 0.6) is 0 Å². The third-order valence-electron chi connectivity index (χ3n) is 1.41. The predicted octanol–water partition coefficient (Wildman–Crippen LogP) is 3.92. The Morgan fingerprint density at radius 2 is 2.07 bits per heavy atom. The Morgan fingerprint density at radius 3 is 2.50 bits per heavy atom. The maximum absolute atomic E-state index is 12.4. The molecule has 0 aliphatic rings. The molecule has 0 radical (unpaired) electrons. The molecule has 1 heterocycles. The Hall–Kier alpha value is -0.0700. The smallest absolute Gasteiger partial charge is 0.275 e. The number of alkyl halides is 2. The van der Waals surface area contributed by atoms with Crippen LogP contribution < -0.4 is 0 Å². The van der Waals surface area contributed by atoms with Gasteiger partial charge >= 0.3 is 0 Å². The summed E-state index contributed by atoms with van der Waals surface area (Å²) in [6.45, 7) is 0. The van der Waals surface area contributed by atoms with E-state index in [1.165, 1.54) is 6.20 Å². The molecule has 1 aromatic heterocycles. The lowest BCUT2D eigenvalue weighted by atomic mass is 10.2. The first-order chi connectivity index (χ1) is 6.45. The van der Waals surface area contributed by atoms with Gasteiger partial charge in [-0.15, -0.1) is 0 Å². The number of pyridine rings is 1. The molecule has 14 heavy (non-hydrogen) atoms. The summed E-state index contributed by atoms with van der Waals surface area (Å²) < 4.78 is 25.4. The Morgan fingerprint density at radius 1 is 1.50 bits per heavy atom. The number of nitrogens with zero attached hydrogens (tertiary/aromatic N) is 1. The van der Waals surface area contributed by atoms with E-state index in [0.717, 1.165) is 0 Å². The van der Waals surface area contributed by atoms with Crippen molar-refractivity contribution >= 4 is 48.7 Å². The van der Waals surface area contributed by atoms with Gasteiger partial charge in [0.05, 0.1) is 10.0 Å². The molecule has 7 heteroatoms. The normalized spacial score (nSPS) is 10.7. The van der Waals surface area contributed by atoms with E-state index in [9.17, 15) is 13.6 Å². The number of aromatic nitrogens is 1. The van der Waals surface area contributed by atoms with Gasteiger partial charge < -0.3 is 0 Å². The third kappa shape index (κ3) is 2.29. The largest absolute Gasteiger partial charge is 0.281 e. The first-order valence-corrected chi connectivity index (χ1v) is 5.23. The fraction of sp³-hybridized carbons (Fsp3) is 0.143.